The van der Waals surface area contributed by atoms with Crippen LogP contribution in [0.1, 0.15) is 18.1 Å². The molecule has 2 aromatic carbocycles. The fourth-order valence-corrected chi connectivity index (χ4v) is 2.58. The van der Waals surface area contributed by atoms with Gasteiger partial charge in [0.25, 0.3) is 0 Å². The molecule has 0 saturated heterocycles. The average molecular weight is 403 g/mol. The minimum Gasteiger partial charge on any atom is -0.402 e. The monoisotopic (exact) mass is 402 g/mol. The number of aliphatic imine (C=N–C) groups is 1. The number of esters is 1. The molecule has 1 aliphatic rings. The molecule has 1 amide bonds. The molecule has 1 heterocycles. The fraction of sp³-hybridized carbons (Fsp3) is 0.0556. The number of amides is 1. The molecule has 1 N–H and O–H groups in total. The molecule has 126 valence electrons. The number of carbonyl (C=O) groups is 2. The van der Waals surface area contributed by atoms with Crippen molar-refractivity contribution >= 4 is 45.5 Å². The van der Waals surface area contributed by atoms with Gasteiger partial charge >= 0.3 is 5.97 Å². The smallest absolute Gasteiger partial charge is 0.363 e. The fourth-order valence-electron chi connectivity index (χ4n) is 2.20. The maximum Gasteiger partial charge on any atom is 0.363 e. The summed E-state index contributed by atoms with van der Waals surface area (Å²) in [5.41, 5.74) is 1.43. The largest absolute Gasteiger partial charge is 0.402 e. The molecule has 0 atom stereocenters. The Morgan fingerprint density at radius 1 is 1.24 bits per heavy atom. The van der Waals surface area contributed by atoms with E-state index in [4.69, 9.17) is 4.74 Å². The van der Waals surface area contributed by atoms with E-state index < -0.39 is 11.8 Å². The molecule has 0 aliphatic carbocycles. The minimum atomic E-state index is -0.652. The quantitative estimate of drug-likeness (QED) is 0.625. The van der Waals surface area contributed by atoms with Gasteiger partial charge in [-0.1, -0.05) is 15.9 Å². The Morgan fingerprint density at radius 2 is 1.96 bits per heavy atom. The summed E-state index contributed by atoms with van der Waals surface area (Å²) in [6.07, 6.45) is 1.33. The van der Waals surface area contributed by atoms with Gasteiger partial charge in [0.1, 0.15) is 5.82 Å². The first-order valence-corrected chi connectivity index (χ1v) is 8.07. The van der Waals surface area contributed by atoms with Gasteiger partial charge in [-0.05, 0) is 48.5 Å². The van der Waals surface area contributed by atoms with Crippen LogP contribution in [0, 0.1) is 5.82 Å². The Labute approximate surface area is 151 Å². The number of carbonyl (C=O) groups excluding carboxylic acids is 2. The molecule has 1 aliphatic heterocycles. The van der Waals surface area contributed by atoms with Crippen molar-refractivity contribution in [2.24, 2.45) is 4.99 Å². The van der Waals surface area contributed by atoms with Crippen LogP contribution in [0.15, 0.2) is 57.6 Å². The predicted octanol–water partition coefficient (Wildman–Crippen LogP) is 3.89. The second-order valence-corrected chi connectivity index (χ2v) is 6.18. The highest BCUT2D eigenvalue weighted by Gasteiger charge is 2.24. The number of ether oxygens (including phenoxy) is 1. The van der Waals surface area contributed by atoms with Gasteiger partial charge in [-0.3, -0.25) is 4.79 Å². The van der Waals surface area contributed by atoms with Crippen molar-refractivity contribution in [2.75, 3.05) is 5.32 Å². The van der Waals surface area contributed by atoms with Gasteiger partial charge in [-0.15, -0.1) is 0 Å². The van der Waals surface area contributed by atoms with Crippen molar-refractivity contribution in [1.29, 1.82) is 0 Å². The second-order valence-electron chi connectivity index (χ2n) is 5.26. The Hall–Kier alpha value is -2.80. The molecule has 2 aromatic rings. The predicted molar refractivity (Wildman–Crippen MR) is 95.5 cm³/mol. The topological polar surface area (TPSA) is 67.8 Å². The Morgan fingerprint density at radius 3 is 2.64 bits per heavy atom. The van der Waals surface area contributed by atoms with Gasteiger partial charge in [0, 0.05) is 28.2 Å². The number of benzene rings is 2. The van der Waals surface area contributed by atoms with Crippen molar-refractivity contribution in [3.63, 3.8) is 0 Å². The highest BCUT2D eigenvalue weighted by molar-refractivity contribution is 9.10. The second kappa shape index (κ2) is 6.98. The summed E-state index contributed by atoms with van der Waals surface area (Å²) in [6, 6.07) is 11.1. The van der Waals surface area contributed by atoms with Crippen LogP contribution in [0.4, 0.5) is 10.1 Å². The van der Waals surface area contributed by atoms with E-state index in [0.717, 1.165) is 0 Å². The van der Waals surface area contributed by atoms with E-state index in [-0.39, 0.29) is 23.1 Å². The van der Waals surface area contributed by atoms with Gasteiger partial charge in [-0.2, -0.15) is 0 Å². The van der Waals surface area contributed by atoms with Crippen molar-refractivity contribution in [3.05, 3.63) is 69.6 Å². The SMILES string of the molecule is CC(=O)Nc1ccc(C2=N/C(=C\c3cc(Br)ccc3F)C(=O)O2)cc1. The average Bonchev–Trinajstić information content (AvgIpc) is 2.92. The van der Waals surface area contributed by atoms with Crippen molar-refractivity contribution in [1.82, 2.24) is 0 Å². The van der Waals surface area contributed by atoms with E-state index in [2.05, 4.69) is 26.2 Å². The van der Waals surface area contributed by atoms with Gasteiger partial charge in [0.2, 0.25) is 11.8 Å². The Bertz CT molecular complexity index is 920. The first kappa shape index (κ1) is 17.0. The lowest BCUT2D eigenvalue weighted by Crippen LogP contribution is -2.07. The van der Waals surface area contributed by atoms with Crippen LogP contribution in [-0.4, -0.2) is 17.8 Å². The first-order chi connectivity index (χ1) is 11.9. The number of nitrogens with zero attached hydrogens (tertiary/aromatic N) is 1. The number of anilines is 1. The molecule has 0 aromatic heterocycles. The molecule has 0 unspecified atom stereocenters. The number of nitrogens with one attached hydrogen (secondary N) is 1. The van der Waals surface area contributed by atoms with Crippen LogP contribution >= 0.6 is 15.9 Å². The standard InChI is InChI=1S/C18H12BrFN2O3/c1-10(23)21-14-5-2-11(3-6-14)17-22-16(18(24)25-17)9-12-8-13(19)4-7-15(12)20/h2-9H,1H3,(H,21,23)/b16-9-. The van der Waals surface area contributed by atoms with Crippen molar-refractivity contribution in [3.8, 4) is 0 Å². The van der Waals surface area contributed by atoms with E-state index in [1.807, 2.05) is 0 Å². The zero-order valence-corrected chi connectivity index (χ0v) is 14.6. The van der Waals surface area contributed by atoms with Crippen LogP contribution in [0.2, 0.25) is 0 Å². The molecule has 25 heavy (non-hydrogen) atoms. The van der Waals surface area contributed by atoms with E-state index in [1.165, 1.54) is 19.1 Å². The third kappa shape index (κ3) is 4.00. The molecule has 0 bridgehead atoms. The highest BCUT2D eigenvalue weighted by atomic mass is 79.9. The molecule has 3 rings (SSSR count). The van der Waals surface area contributed by atoms with E-state index in [1.54, 1.807) is 36.4 Å². The first-order valence-electron chi connectivity index (χ1n) is 7.28. The van der Waals surface area contributed by atoms with E-state index >= 15 is 0 Å². The highest BCUT2D eigenvalue weighted by Crippen LogP contribution is 2.23. The van der Waals surface area contributed by atoms with Crippen molar-refractivity contribution in [2.45, 2.75) is 6.92 Å². The van der Waals surface area contributed by atoms with Gasteiger partial charge in [0.05, 0.1) is 0 Å². The molecule has 0 saturated carbocycles. The number of hydrogen-bond donors (Lipinski definition) is 1. The number of cyclic esters (lactones) is 1. The molecule has 0 spiro atoms. The van der Waals surface area contributed by atoms with Gasteiger partial charge in [-0.25, -0.2) is 14.2 Å². The molecular formula is C18H12BrFN2O3. The maximum absolute atomic E-state index is 13.8. The van der Waals surface area contributed by atoms with Crippen molar-refractivity contribution < 1.29 is 18.7 Å². The maximum atomic E-state index is 13.8. The minimum absolute atomic E-state index is 0.0120. The summed E-state index contributed by atoms with van der Waals surface area (Å²) in [4.78, 5) is 27.1. The van der Waals surface area contributed by atoms with E-state index in [0.29, 0.717) is 15.7 Å². The van der Waals surface area contributed by atoms with Gasteiger partial charge < -0.3 is 10.1 Å². The van der Waals surface area contributed by atoms with Crippen LogP contribution < -0.4 is 5.32 Å². The summed E-state index contributed by atoms with van der Waals surface area (Å²) >= 11 is 3.26. The Kier molecular flexibility index (Phi) is 4.76. The molecular weight excluding hydrogens is 391 g/mol. The van der Waals surface area contributed by atoms with Crippen LogP contribution in [0.3, 0.4) is 0 Å². The zero-order valence-electron chi connectivity index (χ0n) is 13.0. The number of hydrogen-bond acceptors (Lipinski definition) is 4. The molecule has 0 radical (unpaired) electrons. The molecule has 0 fully saturated rings. The third-order valence-electron chi connectivity index (χ3n) is 3.32. The lowest BCUT2D eigenvalue weighted by molar-refractivity contribution is -0.129. The summed E-state index contributed by atoms with van der Waals surface area (Å²) in [6.45, 7) is 1.41. The van der Waals surface area contributed by atoms with Crippen LogP contribution in [0.25, 0.3) is 6.08 Å². The Balaban J connectivity index is 1.88. The van der Waals surface area contributed by atoms with Crippen LogP contribution in [-0.2, 0) is 14.3 Å². The molecule has 7 heteroatoms. The lowest BCUT2D eigenvalue weighted by atomic mass is 10.2. The summed E-state index contributed by atoms with van der Waals surface area (Å²) in [5, 5.41) is 2.64. The van der Waals surface area contributed by atoms with E-state index in [9.17, 15) is 14.0 Å². The zero-order chi connectivity index (χ0) is 18.0. The molecule has 5 nitrogen and oxygen atoms in total. The van der Waals surface area contributed by atoms with Gasteiger partial charge in [0.15, 0.2) is 5.70 Å². The normalized spacial score (nSPS) is 15.1. The lowest BCUT2D eigenvalue weighted by Gasteiger charge is -2.03. The summed E-state index contributed by atoms with van der Waals surface area (Å²) in [5.74, 6) is -1.17. The van der Waals surface area contributed by atoms with Crippen LogP contribution in [0.5, 0.6) is 0 Å². The summed E-state index contributed by atoms with van der Waals surface area (Å²) in [7, 11) is 0. The third-order valence-corrected chi connectivity index (χ3v) is 3.82. The number of rotatable bonds is 3. The number of halogens is 2. The summed E-state index contributed by atoms with van der Waals surface area (Å²) < 4.78 is 19.6.